The van der Waals surface area contributed by atoms with E-state index in [4.69, 9.17) is 14.2 Å². The largest absolute Gasteiger partial charge is 0.463 e. The molecule has 7 heteroatoms. The maximum Gasteiger partial charge on any atom is 0.305 e. The highest BCUT2D eigenvalue weighted by molar-refractivity contribution is 5.69. The summed E-state index contributed by atoms with van der Waals surface area (Å²) in [6.07, 6.45) is 48.0. The summed E-state index contributed by atoms with van der Waals surface area (Å²) in [5.41, 5.74) is 2.03. The quantitative estimate of drug-likeness (QED) is 0.0408. The third-order valence-electron chi connectivity index (χ3n) is 17.6. The molecule has 0 amide bonds. The molecular weight excluding hydrogens is 845 g/mol. The van der Waals surface area contributed by atoms with Crippen molar-refractivity contribution in [3.05, 3.63) is 84.6 Å². The molecular formula is C61H98O7. The zero-order valence-electron chi connectivity index (χ0n) is 44.0. The average Bonchev–Trinajstić information content (AvgIpc) is 3.69. The fourth-order valence-corrected chi connectivity index (χ4v) is 13.3. The Hall–Kier alpha value is -2.55. The average molecular weight is 943 g/mol. The summed E-state index contributed by atoms with van der Waals surface area (Å²) in [6.45, 7) is 16.6. The zero-order valence-corrected chi connectivity index (χ0v) is 44.0. The number of aliphatic hydroxyl groups is 3. The Morgan fingerprint density at radius 3 is 2.01 bits per heavy atom. The van der Waals surface area contributed by atoms with Gasteiger partial charge in [0.05, 0.1) is 6.10 Å². The minimum atomic E-state index is -1.46. The number of hydrogen-bond donors (Lipinski definition) is 3. The third kappa shape index (κ3) is 16.0. The van der Waals surface area contributed by atoms with E-state index in [9.17, 15) is 20.1 Å². The van der Waals surface area contributed by atoms with Crippen molar-refractivity contribution in [2.45, 2.75) is 233 Å². The number of carbonyl (C=O) groups is 1. The van der Waals surface area contributed by atoms with E-state index in [2.05, 4.69) is 127 Å². The lowest BCUT2D eigenvalue weighted by atomic mass is 9.47. The Balaban J connectivity index is 0.947. The van der Waals surface area contributed by atoms with Gasteiger partial charge in [-0.3, -0.25) is 4.79 Å². The SMILES string of the molecule is CC/C=C\C/C=C\C/C=C\C/C=C\C/C=C\CCCCCCCCCC(=O)OCC1OC(OC2CCC3(C)C(=CCC4C3CCC3(C)C(C(C)/C=C/C(CC)C(C)C)CCC43)C2)C(O)C(O)C1O. The molecule has 4 aliphatic carbocycles. The molecule has 3 saturated carbocycles. The first kappa shape index (κ1) is 56.4. The molecule has 3 N–H and O–H groups in total. The minimum Gasteiger partial charge on any atom is -0.463 e. The van der Waals surface area contributed by atoms with Gasteiger partial charge in [-0.15, -0.1) is 0 Å². The third-order valence-corrected chi connectivity index (χ3v) is 17.6. The van der Waals surface area contributed by atoms with E-state index in [0.717, 1.165) is 101 Å². The van der Waals surface area contributed by atoms with Crippen molar-refractivity contribution in [3.63, 3.8) is 0 Å². The van der Waals surface area contributed by atoms with Gasteiger partial charge in [0.15, 0.2) is 6.29 Å². The van der Waals surface area contributed by atoms with Crippen LogP contribution < -0.4 is 0 Å². The van der Waals surface area contributed by atoms with E-state index < -0.39 is 30.7 Å². The van der Waals surface area contributed by atoms with Gasteiger partial charge in [-0.05, 0) is 161 Å². The Kier molecular flexibility index (Phi) is 24.1. The summed E-state index contributed by atoms with van der Waals surface area (Å²) in [4.78, 5) is 12.7. The summed E-state index contributed by atoms with van der Waals surface area (Å²) < 4.78 is 18.1. The Morgan fingerprint density at radius 2 is 1.37 bits per heavy atom. The van der Waals surface area contributed by atoms with Crippen molar-refractivity contribution in [2.24, 2.45) is 52.3 Å². The first-order chi connectivity index (χ1) is 32.8. The molecule has 0 aromatic carbocycles. The first-order valence-electron chi connectivity index (χ1n) is 28.0. The van der Waals surface area contributed by atoms with Crippen LogP contribution in [0.2, 0.25) is 0 Å². The van der Waals surface area contributed by atoms with E-state index in [1.165, 1.54) is 63.4 Å². The molecule has 1 aliphatic heterocycles. The molecule has 5 aliphatic rings. The standard InChI is InChI=1S/C61H98O7/c1-8-10-11-12-13-14-15-16-17-18-19-20-21-22-23-24-25-26-27-28-29-30-31-32-55(62)66-44-54-56(63)57(64)58(65)59(68-54)67-49-39-41-60(6)48(43-49)35-36-50-52-38-37-51(61(52,7)42-40-53(50)60)46(5)33-34-47(9-2)45(3)4/h10-11,13-14,16-17,19-20,22-23,33-35,45-47,49-54,56-59,63-65H,8-9,12,15,18,21,24-32,36-44H2,1-7H3/b11-10-,14-13-,17-16-,20-19-,23-22-,34-33+. The maximum atomic E-state index is 12.7. The van der Waals surface area contributed by atoms with Crippen molar-refractivity contribution in [2.75, 3.05) is 6.61 Å². The van der Waals surface area contributed by atoms with Crippen molar-refractivity contribution in [1.29, 1.82) is 0 Å². The number of hydrogen-bond acceptors (Lipinski definition) is 7. The fourth-order valence-electron chi connectivity index (χ4n) is 13.3. The number of rotatable bonds is 28. The molecule has 0 aromatic rings. The van der Waals surface area contributed by atoms with Crippen molar-refractivity contribution in [3.8, 4) is 0 Å². The monoisotopic (exact) mass is 943 g/mol. The van der Waals surface area contributed by atoms with Crippen LogP contribution >= 0.6 is 0 Å². The van der Waals surface area contributed by atoms with Gasteiger partial charge in [0.1, 0.15) is 31.0 Å². The number of fused-ring (bicyclic) bond motifs is 5. The van der Waals surface area contributed by atoms with Gasteiger partial charge in [0.25, 0.3) is 0 Å². The molecule has 384 valence electrons. The van der Waals surface area contributed by atoms with Crippen LogP contribution in [0.25, 0.3) is 0 Å². The lowest BCUT2D eigenvalue weighted by molar-refractivity contribution is -0.313. The van der Waals surface area contributed by atoms with E-state index in [1.807, 2.05) is 0 Å². The smallest absolute Gasteiger partial charge is 0.305 e. The molecule has 7 nitrogen and oxygen atoms in total. The highest BCUT2D eigenvalue weighted by Gasteiger charge is 2.59. The number of esters is 1. The van der Waals surface area contributed by atoms with E-state index in [1.54, 1.807) is 0 Å². The van der Waals surface area contributed by atoms with Crippen molar-refractivity contribution >= 4 is 5.97 Å². The predicted molar refractivity (Wildman–Crippen MR) is 281 cm³/mol. The molecule has 4 fully saturated rings. The van der Waals surface area contributed by atoms with Gasteiger partial charge < -0.3 is 29.5 Å². The maximum absolute atomic E-state index is 12.7. The topological polar surface area (TPSA) is 105 Å². The second kappa shape index (κ2) is 29.1. The molecule has 0 radical (unpaired) electrons. The number of allylic oxidation sites excluding steroid dienone is 13. The van der Waals surface area contributed by atoms with Crippen LogP contribution in [0.1, 0.15) is 196 Å². The second-order valence-corrected chi connectivity index (χ2v) is 22.5. The van der Waals surface area contributed by atoms with E-state index in [0.29, 0.717) is 35.5 Å². The Morgan fingerprint density at radius 1 is 0.735 bits per heavy atom. The number of aliphatic hydroxyl groups excluding tert-OH is 3. The molecule has 1 saturated heterocycles. The van der Waals surface area contributed by atoms with E-state index >= 15 is 0 Å². The molecule has 68 heavy (non-hydrogen) atoms. The Bertz CT molecular complexity index is 1690. The van der Waals surface area contributed by atoms with E-state index in [-0.39, 0.29) is 24.1 Å². The number of unbranched alkanes of at least 4 members (excludes halogenated alkanes) is 7. The summed E-state index contributed by atoms with van der Waals surface area (Å²) in [6, 6.07) is 0. The predicted octanol–water partition coefficient (Wildman–Crippen LogP) is 14.4. The normalized spacial score (nSPS) is 34.1. The van der Waals surface area contributed by atoms with Crippen LogP contribution in [0.4, 0.5) is 0 Å². The molecule has 0 bridgehead atoms. The lowest BCUT2D eigenvalue weighted by Crippen LogP contribution is -2.60. The molecule has 5 rings (SSSR count). The van der Waals surface area contributed by atoms with Crippen LogP contribution in [0.5, 0.6) is 0 Å². The summed E-state index contributed by atoms with van der Waals surface area (Å²) in [5, 5.41) is 32.6. The van der Waals surface area contributed by atoms with Crippen LogP contribution in [0.3, 0.4) is 0 Å². The van der Waals surface area contributed by atoms with Gasteiger partial charge in [0, 0.05) is 6.42 Å². The Labute approximate surface area is 415 Å². The lowest BCUT2D eigenvalue weighted by Gasteiger charge is -2.58. The van der Waals surface area contributed by atoms with Crippen LogP contribution in [-0.2, 0) is 19.0 Å². The van der Waals surface area contributed by atoms with Gasteiger partial charge in [-0.2, -0.15) is 0 Å². The summed E-state index contributed by atoms with van der Waals surface area (Å²) in [5.74, 6) is 4.57. The minimum absolute atomic E-state index is 0.148. The first-order valence-corrected chi connectivity index (χ1v) is 28.0. The second-order valence-electron chi connectivity index (χ2n) is 22.5. The zero-order chi connectivity index (χ0) is 48.9. The highest BCUT2D eigenvalue weighted by atomic mass is 16.7. The van der Waals surface area contributed by atoms with Crippen LogP contribution in [0.15, 0.2) is 84.6 Å². The van der Waals surface area contributed by atoms with Crippen molar-refractivity contribution < 1.29 is 34.3 Å². The molecule has 1 heterocycles. The highest BCUT2D eigenvalue weighted by Crippen LogP contribution is 2.67. The van der Waals surface area contributed by atoms with Gasteiger partial charge in [0.2, 0.25) is 0 Å². The van der Waals surface area contributed by atoms with Crippen molar-refractivity contribution in [1.82, 2.24) is 0 Å². The van der Waals surface area contributed by atoms with Gasteiger partial charge in [-0.25, -0.2) is 0 Å². The van der Waals surface area contributed by atoms with Crippen LogP contribution in [0, 0.1) is 52.3 Å². The molecule has 0 aromatic heterocycles. The van der Waals surface area contributed by atoms with Gasteiger partial charge in [-0.1, -0.05) is 165 Å². The van der Waals surface area contributed by atoms with Crippen LogP contribution in [-0.4, -0.2) is 64.7 Å². The van der Waals surface area contributed by atoms with Gasteiger partial charge >= 0.3 is 5.97 Å². The molecule has 14 unspecified atom stereocenters. The molecule has 0 spiro atoms. The number of ether oxygens (including phenoxy) is 3. The fraction of sp³-hybridized carbons (Fsp3) is 0.754. The number of carbonyl (C=O) groups excluding carboxylic acids is 1. The summed E-state index contributed by atoms with van der Waals surface area (Å²) in [7, 11) is 0. The molecule has 14 atom stereocenters. The summed E-state index contributed by atoms with van der Waals surface area (Å²) >= 11 is 0.